The molecule has 30 heavy (non-hydrogen) atoms. The summed E-state index contributed by atoms with van der Waals surface area (Å²) in [4.78, 5) is 24.3. The van der Waals surface area contributed by atoms with E-state index in [-0.39, 0.29) is 11.6 Å². The van der Waals surface area contributed by atoms with Crippen LogP contribution in [0.5, 0.6) is 5.88 Å². The van der Waals surface area contributed by atoms with Gasteiger partial charge in [-0.05, 0) is 43.3 Å². The number of benzene rings is 2. The number of hydrogen-bond acceptors (Lipinski definition) is 4. The van der Waals surface area contributed by atoms with Crippen molar-refractivity contribution in [2.45, 2.75) is 19.2 Å². The van der Waals surface area contributed by atoms with Crippen LogP contribution in [-0.2, 0) is 11.0 Å². The van der Waals surface area contributed by atoms with Crippen LogP contribution >= 0.6 is 0 Å². The van der Waals surface area contributed by atoms with Crippen LogP contribution in [0.4, 0.5) is 23.2 Å². The molecule has 0 saturated heterocycles. The van der Waals surface area contributed by atoms with Crippen molar-refractivity contribution in [3.63, 3.8) is 0 Å². The maximum Gasteiger partial charge on any atom is 0.418 e. The van der Waals surface area contributed by atoms with Gasteiger partial charge in [0.2, 0.25) is 5.88 Å². The smallest absolute Gasteiger partial charge is 0.418 e. The summed E-state index contributed by atoms with van der Waals surface area (Å²) in [5, 5.41) is 6.14. The Balaban J connectivity index is 1.77. The van der Waals surface area contributed by atoms with E-state index in [1.54, 1.807) is 0 Å². The van der Waals surface area contributed by atoms with Crippen molar-refractivity contribution in [3.8, 4) is 11.6 Å². The highest BCUT2D eigenvalue weighted by atomic mass is 19.4. The Labute approximate surface area is 167 Å². The molecule has 1 N–H and O–H groups in total. The molecule has 0 spiro atoms. The van der Waals surface area contributed by atoms with Crippen LogP contribution < -0.4 is 15.6 Å². The van der Waals surface area contributed by atoms with Gasteiger partial charge in [-0.2, -0.15) is 17.9 Å². The van der Waals surface area contributed by atoms with Crippen molar-refractivity contribution in [3.05, 3.63) is 82.4 Å². The lowest BCUT2D eigenvalue weighted by molar-refractivity contribution is -0.137. The third-order valence-electron chi connectivity index (χ3n) is 4.00. The van der Waals surface area contributed by atoms with E-state index in [1.165, 1.54) is 37.3 Å². The number of alkyl halides is 3. The second kappa shape index (κ2) is 8.36. The average Bonchev–Trinajstić information content (AvgIpc) is 2.69. The average molecular weight is 421 g/mol. The van der Waals surface area contributed by atoms with E-state index >= 15 is 0 Å². The second-order valence-corrected chi connectivity index (χ2v) is 6.19. The number of para-hydroxylation sites is 1. The highest BCUT2D eigenvalue weighted by molar-refractivity contribution is 5.94. The van der Waals surface area contributed by atoms with Gasteiger partial charge in [-0.1, -0.05) is 12.1 Å². The predicted molar refractivity (Wildman–Crippen MR) is 100.0 cm³/mol. The molecule has 3 aromatic rings. The summed E-state index contributed by atoms with van der Waals surface area (Å²) >= 11 is 0. The molecule has 1 aromatic heterocycles. The molecule has 156 valence electrons. The number of ether oxygens (including phenoxy) is 1. The van der Waals surface area contributed by atoms with E-state index < -0.39 is 40.8 Å². The molecule has 10 heteroatoms. The van der Waals surface area contributed by atoms with Gasteiger partial charge >= 0.3 is 6.18 Å². The number of carbonyl (C=O) groups is 1. The van der Waals surface area contributed by atoms with Gasteiger partial charge in [-0.15, -0.1) is 5.10 Å². The minimum atomic E-state index is -4.64. The summed E-state index contributed by atoms with van der Waals surface area (Å²) < 4.78 is 58.6. The van der Waals surface area contributed by atoms with Crippen LogP contribution in [0.1, 0.15) is 12.5 Å². The lowest BCUT2D eigenvalue weighted by Crippen LogP contribution is -2.32. The molecule has 1 heterocycles. The molecule has 0 fully saturated rings. The SMILES string of the molecule is C[C@H](Oc1ccc(=O)n(-c2ccc(F)cc2)n1)C(=O)Nc1ccccc1C(F)(F)F. The van der Waals surface area contributed by atoms with Gasteiger partial charge < -0.3 is 10.1 Å². The lowest BCUT2D eigenvalue weighted by Gasteiger charge is -2.17. The molecule has 0 unspecified atom stereocenters. The number of anilines is 1. The maximum atomic E-state index is 13.1. The van der Waals surface area contributed by atoms with E-state index in [0.29, 0.717) is 0 Å². The van der Waals surface area contributed by atoms with Gasteiger partial charge in [0.25, 0.3) is 11.5 Å². The molecule has 2 aromatic carbocycles. The van der Waals surface area contributed by atoms with Gasteiger partial charge in [0, 0.05) is 12.1 Å². The van der Waals surface area contributed by atoms with E-state index in [2.05, 4.69) is 10.4 Å². The Kier molecular flexibility index (Phi) is 5.86. The molecule has 0 aliphatic heterocycles. The molecule has 0 aliphatic rings. The molecule has 1 amide bonds. The molecule has 6 nitrogen and oxygen atoms in total. The molecule has 0 bridgehead atoms. The molecule has 0 radical (unpaired) electrons. The summed E-state index contributed by atoms with van der Waals surface area (Å²) in [6.07, 6.45) is -5.86. The van der Waals surface area contributed by atoms with Gasteiger partial charge in [0.1, 0.15) is 5.82 Å². The van der Waals surface area contributed by atoms with E-state index in [1.807, 2.05) is 0 Å². The molecular weight excluding hydrogens is 406 g/mol. The fourth-order valence-electron chi connectivity index (χ4n) is 2.53. The highest BCUT2D eigenvalue weighted by Gasteiger charge is 2.34. The van der Waals surface area contributed by atoms with Crippen LogP contribution in [0.2, 0.25) is 0 Å². The summed E-state index contributed by atoms with van der Waals surface area (Å²) in [5.41, 5.74) is -1.66. The van der Waals surface area contributed by atoms with Gasteiger partial charge in [-0.25, -0.2) is 4.39 Å². The first-order valence-corrected chi connectivity index (χ1v) is 8.65. The lowest BCUT2D eigenvalue weighted by atomic mass is 10.1. The normalized spacial score (nSPS) is 12.3. The third-order valence-corrected chi connectivity index (χ3v) is 4.00. The number of halogens is 4. The summed E-state index contributed by atoms with van der Waals surface area (Å²) in [7, 11) is 0. The Hall–Kier alpha value is -3.69. The number of aromatic nitrogens is 2. The Bertz CT molecular complexity index is 1110. The van der Waals surface area contributed by atoms with Gasteiger partial charge in [0.05, 0.1) is 16.9 Å². The zero-order valence-electron chi connectivity index (χ0n) is 15.5. The van der Waals surface area contributed by atoms with Crippen molar-refractivity contribution < 1.29 is 27.1 Å². The number of amides is 1. The molecule has 1 atom stereocenters. The minimum absolute atomic E-state index is 0.120. The summed E-state index contributed by atoms with van der Waals surface area (Å²) in [5.74, 6) is -1.46. The van der Waals surface area contributed by atoms with Crippen molar-refractivity contribution in [1.29, 1.82) is 0 Å². The van der Waals surface area contributed by atoms with Crippen LogP contribution in [0.3, 0.4) is 0 Å². The molecule has 0 aliphatic carbocycles. The zero-order chi connectivity index (χ0) is 21.9. The number of rotatable bonds is 5. The van der Waals surface area contributed by atoms with Crippen LogP contribution in [0.15, 0.2) is 65.5 Å². The zero-order valence-corrected chi connectivity index (χ0v) is 15.5. The Morgan fingerprint density at radius 3 is 2.40 bits per heavy atom. The number of carbonyl (C=O) groups excluding carboxylic acids is 1. The van der Waals surface area contributed by atoms with E-state index in [9.17, 15) is 27.2 Å². The molecular formula is C20H15F4N3O3. The maximum absolute atomic E-state index is 13.1. The number of nitrogens with one attached hydrogen (secondary N) is 1. The highest BCUT2D eigenvalue weighted by Crippen LogP contribution is 2.34. The molecule has 3 rings (SSSR count). The summed E-state index contributed by atoms with van der Waals surface area (Å²) in [6.45, 7) is 1.32. The first kappa shape index (κ1) is 21.0. The summed E-state index contributed by atoms with van der Waals surface area (Å²) in [6, 6.07) is 11.8. The topological polar surface area (TPSA) is 73.2 Å². The standard InChI is InChI=1S/C20H15F4N3O3/c1-12(19(29)25-16-5-3-2-4-15(16)20(22,23)24)30-17-10-11-18(28)27(26-17)14-8-6-13(21)7-9-14/h2-12H,1H3,(H,25,29)/t12-/m0/s1. The Morgan fingerprint density at radius 2 is 1.73 bits per heavy atom. The van der Waals surface area contributed by atoms with Gasteiger partial charge in [0.15, 0.2) is 6.10 Å². The fraction of sp³-hybridized carbons (Fsp3) is 0.150. The minimum Gasteiger partial charge on any atom is -0.463 e. The third kappa shape index (κ3) is 4.83. The fourth-order valence-corrected chi connectivity index (χ4v) is 2.53. The first-order valence-electron chi connectivity index (χ1n) is 8.65. The van der Waals surface area contributed by atoms with Crippen LogP contribution in [-0.4, -0.2) is 21.8 Å². The van der Waals surface area contributed by atoms with Crippen molar-refractivity contribution in [2.24, 2.45) is 0 Å². The van der Waals surface area contributed by atoms with Crippen LogP contribution in [0, 0.1) is 5.82 Å². The molecule has 0 saturated carbocycles. The van der Waals surface area contributed by atoms with E-state index in [0.717, 1.165) is 35.0 Å². The predicted octanol–water partition coefficient (Wildman–Crippen LogP) is 3.80. The van der Waals surface area contributed by atoms with Crippen molar-refractivity contribution >= 4 is 11.6 Å². The first-order chi connectivity index (χ1) is 14.1. The number of hydrogen-bond donors (Lipinski definition) is 1. The van der Waals surface area contributed by atoms with Crippen molar-refractivity contribution in [1.82, 2.24) is 9.78 Å². The largest absolute Gasteiger partial charge is 0.463 e. The monoisotopic (exact) mass is 421 g/mol. The quantitative estimate of drug-likeness (QED) is 0.637. The van der Waals surface area contributed by atoms with Crippen molar-refractivity contribution in [2.75, 3.05) is 5.32 Å². The van der Waals surface area contributed by atoms with E-state index in [4.69, 9.17) is 4.74 Å². The van der Waals surface area contributed by atoms with Gasteiger partial charge in [-0.3, -0.25) is 9.59 Å². The van der Waals surface area contributed by atoms with Crippen LogP contribution in [0.25, 0.3) is 5.69 Å². The second-order valence-electron chi connectivity index (χ2n) is 6.19. The number of nitrogens with zero attached hydrogens (tertiary/aromatic N) is 2. The Morgan fingerprint density at radius 1 is 1.07 bits per heavy atom.